The van der Waals surface area contributed by atoms with Gasteiger partial charge in [-0.2, -0.15) is 5.10 Å². The van der Waals surface area contributed by atoms with Crippen molar-refractivity contribution in [3.63, 3.8) is 0 Å². The highest BCUT2D eigenvalue weighted by Gasteiger charge is 2.14. The van der Waals surface area contributed by atoms with Crippen molar-refractivity contribution in [2.24, 2.45) is 7.05 Å². The lowest BCUT2D eigenvalue weighted by molar-refractivity contribution is -0.121. The second kappa shape index (κ2) is 7.93. The molecule has 0 saturated carbocycles. The number of nitrogens with one attached hydrogen (secondary N) is 1. The molecule has 1 saturated heterocycles. The number of carbonyl (C=O) groups excluding carboxylic acids is 1. The van der Waals surface area contributed by atoms with Crippen molar-refractivity contribution >= 4 is 16.9 Å². The lowest BCUT2D eigenvalue weighted by atomic mass is 10.1. The van der Waals surface area contributed by atoms with Crippen LogP contribution in [0.4, 0.5) is 0 Å². The van der Waals surface area contributed by atoms with Gasteiger partial charge in [0.2, 0.25) is 5.91 Å². The van der Waals surface area contributed by atoms with Crippen LogP contribution in [0.15, 0.2) is 41.6 Å². The highest BCUT2D eigenvalue weighted by molar-refractivity contribution is 5.77. The lowest BCUT2D eigenvalue weighted by Gasteiger charge is -2.17. The van der Waals surface area contributed by atoms with E-state index in [0.29, 0.717) is 17.6 Å². The number of hydrogen-bond acceptors (Lipinski definition) is 5. The summed E-state index contributed by atoms with van der Waals surface area (Å²) in [4.78, 5) is 31.6. The van der Waals surface area contributed by atoms with Crippen LogP contribution >= 0.6 is 0 Å². The zero-order valence-electron chi connectivity index (χ0n) is 16.0. The van der Waals surface area contributed by atoms with Crippen molar-refractivity contribution < 1.29 is 4.79 Å². The van der Waals surface area contributed by atoms with Gasteiger partial charge in [-0.25, -0.2) is 4.98 Å². The van der Waals surface area contributed by atoms with Gasteiger partial charge < -0.3 is 5.32 Å². The van der Waals surface area contributed by atoms with Crippen LogP contribution < -0.4 is 10.9 Å². The fraction of sp³-hybridized carbons (Fsp3) is 0.400. The molecule has 1 amide bonds. The zero-order chi connectivity index (χ0) is 19.5. The molecule has 1 aliphatic rings. The van der Waals surface area contributed by atoms with E-state index in [0.717, 1.165) is 25.2 Å². The van der Waals surface area contributed by atoms with E-state index in [1.54, 1.807) is 11.7 Å². The maximum absolute atomic E-state index is 12.5. The van der Waals surface area contributed by atoms with E-state index < -0.39 is 0 Å². The van der Waals surface area contributed by atoms with Gasteiger partial charge in [0.1, 0.15) is 18.3 Å². The summed E-state index contributed by atoms with van der Waals surface area (Å²) in [5.74, 6) is -0.219. The third-order valence-electron chi connectivity index (χ3n) is 5.22. The molecule has 8 nitrogen and oxygen atoms in total. The van der Waals surface area contributed by atoms with Crippen LogP contribution in [0.3, 0.4) is 0 Å². The molecule has 4 rings (SSSR count). The minimum absolute atomic E-state index is 0.0645. The maximum Gasteiger partial charge on any atom is 0.264 e. The Kier molecular flexibility index (Phi) is 5.21. The number of aromatic nitrogens is 4. The molecule has 1 fully saturated rings. The third kappa shape index (κ3) is 3.82. The van der Waals surface area contributed by atoms with Crippen molar-refractivity contribution in [2.45, 2.75) is 32.5 Å². The molecule has 1 aliphatic heterocycles. The molecule has 0 spiro atoms. The second-order valence-electron chi connectivity index (χ2n) is 7.21. The Morgan fingerprint density at radius 1 is 1.18 bits per heavy atom. The Morgan fingerprint density at radius 3 is 2.71 bits per heavy atom. The molecule has 0 aliphatic carbocycles. The highest BCUT2D eigenvalue weighted by Crippen LogP contribution is 2.16. The van der Waals surface area contributed by atoms with Crippen LogP contribution in [0, 0.1) is 0 Å². The Labute approximate surface area is 162 Å². The predicted octanol–water partition coefficient (Wildman–Crippen LogP) is 1.04. The highest BCUT2D eigenvalue weighted by atomic mass is 16.2. The quantitative estimate of drug-likeness (QED) is 0.691. The molecule has 0 atom stereocenters. The number of likely N-dealkylation sites (tertiary alicyclic amines) is 1. The van der Waals surface area contributed by atoms with Crippen molar-refractivity contribution in [3.8, 4) is 0 Å². The van der Waals surface area contributed by atoms with Crippen LogP contribution in [0.2, 0.25) is 0 Å². The van der Waals surface area contributed by atoms with Gasteiger partial charge in [0, 0.05) is 20.1 Å². The van der Waals surface area contributed by atoms with Gasteiger partial charge in [0.25, 0.3) is 5.56 Å². The summed E-state index contributed by atoms with van der Waals surface area (Å²) in [5, 5.41) is 7.38. The molecule has 28 heavy (non-hydrogen) atoms. The molecule has 0 bridgehead atoms. The monoisotopic (exact) mass is 380 g/mol. The molecule has 2 aromatic heterocycles. The molecule has 0 radical (unpaired) electrons. The van der Waals surface area contributed by atoms with E-state index in [4.69, 9.17) is 0 Å². The number of aryl methyl sites for hydroxylation is 1. The minimum atomic E-state index is -0.261. The molecule has 1 aromatic carbocycles. The largest absolute Gasteiger partial charge is 0.350 e. The predicted molar refractivity (Wildman–Crippen MR) is 106 cm³/mol. The Morgan fingerprint density at radius 2 is 1.93 bits per heavy atom. The van der Waals surface area contributed by atoms with Crippen molar-refractivity contribution in [1.29, 1.82) is 0 Å². The SMILES string of the molecule is Cn1ncc2c(=O)n(CC(=O)NCc3ccccc3CN3CCCC3)cnc21. The first-order chi connectivity index (χ1) is 13.6. The van der Waals surface area contributed by atoms with Gasteiger partial charge in [0.05, 0.1) is 6.20 Å². The van der Waals surface area contributed by atoms with Crippen LogP contribution in [-0.2, 0) is 31.5 Å². The van der Waals surface area contributed by atoms with Crippen molar-refractivity contribution in [2.75, 3.05) is 13.1 Å². The molecule has 1 N–H and O–H groups in total. The van der Waals surface area contributed by atoms with Crippen LogP contribution in [0.25, 0.3) is 11.0 Å². The summed E-state index contributed by atoms with van der Waals surface area (Å²) >= 11 is 0. The first kappa shape index (κ1) is 18.4. The Bertz CT molecular complexity index is 1050. The van der Waals surface area contributed by atoms with Crippen LogP contribution in [0.1, 0.15) is 24.0 Å². The van der Waals surface area contributed by atoms with Crippen molar-refractivity contribution in [1.82, 2.24) is 29.5 Å². The van der Waals surface area contributed by atoms with Gasteiger partial charge in [-0.1, -0.05) is 24.3 Å². The number of benzene rings is 1. The standard InChI is InChI=1S/C20H24N6O2/c1-24-19-17(11-23-24)20(28)26(14-22-19)13-18(27)21-10-15-6-2-3-7-16(15)12-25-8-4-5-9-25/h2-3,6-7,11,14H,4-5,8-10,12-13H2,1H3,(H,21,27). The number of hydrogen-bond donors (Lipinski definition) is 1. The van der Waals surface area contributed by atoms with Crippen LogP contribution in [-0.4, -0.2) is 43.2 Å². The number of carbonyl (C=O) groups is 1. The number of nitrogens with zero attached hydrogens (tertiary/aromatic N) is 5. The fourth-order valence-electron chi connectivity index (χ4n) is 3.65. The van der Waals surface area contributed by atoms with Gasteiger partial charge in [-0.3, -0.25) is 23.7 Å². The first-order valence-corrected chi connectivity index (χ1v) is 9.55. The van der Waals surface area contributed by atoms with E-state index >= 15 is 0 Å². The molecular weight excluding hydrogens is 356 g/mol. The summed E-state index contributed by atoms with van der Waals surface area (Å²) in [6, 6.07) is 8.18. The van der Waals surface area contributed by atoms with E-state index in [1.807, 2.05) is 18.2 Å². The topological polar surface area (TPSA) is 85.0 Å². The van der Waals surface area contributed by atoms with E-state index in [9.17, 15) is 9.59 Å². The average Bonchev–Trinajstić information content (AvgIpc) is 3.34. The van der Waals surface area contributed by atoms with Gasteiger partial charge in [-0.05, 0) is 37.1 Å². The molecular formula is C20H24N6O2. The minimum Gasteiger partial charge on any atom is -0.350 e. The molecule has 0 unspecified atom stereocenters. The Hall–Kier alpha value is -3.00. The summed E-state index contributed by atoms with van der Waals surface area (Å²) in [7, 11) is 1.73. The van der Waals surface area contributed by atoms with E-state index in [1.165, 1.54) is 35.5 Å². The van der Waals surface area contributed by atoms with E-state index in [-0.39, 0.29) is 18.0 Å². The van der Waals surface area contributed by atoms with Gasteiger partial charge >= 0.3 is 0 Å². The van der Waals surface area contributed by atoms with Crippen molar-refractivity contribution in [3.05, 3.63) is 58.3 Å². The Balaban J connectivity index is 1.41. The maximum atomic E-state index is 12.5. The molecule has 3 aromatic rings. The molecule has 3 heterocycles. The summed E-state index contributed by atoms with van der Waals surface area (Å²) in [6.45, 7) is 3.55. The zero-order valence-corrected chi connectivity index (χ0v) is 16.0. The molecule has 8 heteroatoms. The number of fused-ring (bicyclic) bond motifs is 1. The van der Waals surface area contributed by atoms with Gasteiger partial charge in [-0.15, -0.1) is 0 Å². The fourth-order valence-corrected chi connectivity index (χ4v) is 3.65. The summed E-state index contributed by atoms with van der Waals surface area (Å²) in [6.07, 6.45) is 5.38. The normalized spacial score (nSPS) is 14.6. The number of amides is 1. The van der Waals surface area contributed by atoms with E-state index in [2.05, 4.69) is 26.4 Å². The first-order valence-electron chi connectivity index (χ1n) is 9.55. The summed E-state index contributed by atoms with van der Waals surface area (Å²) < 4.78 is 2.86. The second-order valence-corrected chi connectivity index (χ2v) is 7.21. The summed E-state index contributed by atoms with van der Waals surface area (Å²) in [5.41, 5.74) is 2.59. The lowest BCUT2D eigenvalue weighted by Crippen LogP contribution is -2.32. The number of rotatable bonds is 6. The molecule has 146 valence electrons. The smallest absolute Gasteiger partial charge is 0.264 e. The van der Waals surface area contributed by atoms with Crippen LogP contribution in [0.5, 0.6) is 0 Å². The average molecular weight is 380 g/mol. The van der Waals surface area contributed by atoms with Gasteiger partial charge in [0.15, 0.2) is 5.65 Å². The third-order valence-corrected chi connectivity index (χ3v) is 5.22.